The first-order valence-corrected chi connectivity index (χ1v) is 12.3. The number of rotatable bonds is 7. The van der Waals surface area contributed by atoms with Crippen molar-refractivity contribution in [3.63, 3.8) is 0 Å². The number of amides is 4. The van der Waals surface area contributed by atoms with Crippen molar-refractivity contribution in [2.75, 3.05) is 17.7 Å². The number of nitrogen functional groups attached to an aromatic ring is 1. The van der Waals surface area contributed by atoms with Gasteiger partial charge in [0.1, 0.15) is 11.9 Å². The number of carbonyl (C=O) groups is 3. The summed E-state index contributed by atoms with van der Waals surface area (Å²) in [5.41, 5.74) is 8.75. The summed E-state index contributed by atoms with van der Waals surface area (Å²) in [6.07, 6.45) is 4.06. The zero-order chi connectivity index (χ0) is 26.9. The Kier molecular flexibility index (Phi) is 7.49. The molecule has 4 rings (SSSR count). The normalized spacial score (nSPS) is 17.8. The van der Waals surface area contributed by atoms with Crippen LogP contribution in [0, 0.1) is 12.8 Å². The number of aryl methyl sites for hydroxylation is 2. The molecule has 0 saturated carbocycles. The van der Waals surface area contributed by atoms with Crippen LogP contribution in [-0.4, -0.2) is 50.6 Å². The number of β-lactam (4-membered cyclic amide) rings is 1. The van der Waals surface area contributed by atoms with Gasteiger partial charge in [0.05, 0.1) is 23.8 Å². The number of urea groups is 1. The minimum Gasteiger partial charge on any atom is -0.384 e. The van der Waals surface area contributed by atoms with Crippen LogP contribution in [0.3, 0.4) is 0 Å². The van der Waals surface area contributed by atoms with Crippen molar-refractivity contribution in [1.29, 1.82) is 0 Å². The van der Waals surface area contributed by atoms with E-state index in [-0.39, 0.29) is 18.4 Å². The number of aromatic nitrogens is 3. The summed E-state index contributed by atoms with van der Waals surface area (Å²) in [5, 5.41) is 7.57. The van der Waals surface area contributed by atoms with Gasteiger partial charge in [-0.1, -0.05) is 30.7 Å². The Morgan fingerprint density at radius 1 is 1.27 bits per heavy atom. The number of hydrogen-bond donors (Lipinski definition) is 2. The van der Waals surface area contributed by atoms with E-state index in [0.717, 1.165) is 16.0 Å². The minimum absolute atomic E-state index is 0.249. The van der Waals surface area contributed by atoms with Crippen LogP contribution in [0.1, 0.15) is 36.2 Å². The van der Waals surface area contributed by atoms with Crippen molar-refractivity contribution in [2.45, 2.75) is 38.8 Å². The molecule has 3 heterocycles. The first-order chi connectivity index (χ1) is 17.6. The lowest BCUT2D eigenvalue weighted by molar-refractivity contribution is -0.156. The largest absolute Gasteiger partial charge is 0.384 e. The second-order valence-corrected chi connectivity index (χ2v) is 9.68. The number of nitrogens with zero attached hydrogens (tertiary/aromatic N) is 5. The molecule has 3 atom stereocenters. The number of anilines is 2. The third kappa shape index (κ3) is 5.43. The molecule has 37 heavy (non-hydrogen) atoms. The summed E-state index contributed by atoms with van der Waals surface area (Å²) in [5.74, 6) is -1.21. The molecule has 3 N–H and O–H groups in total. The molecule has 1 aliphatic heterocycles. The molecular formula is C26H30ClN7O3. The number of carbonyl (C=O) groups excluding carboxylic acids is 3. The van der Waals surface area contributed by atoms with Crippen LogP contribution < -0.4 is 16.0 Å². The highest BCUT2D eigenvalue weighted by Crippen LogP contribution is 2.33. The average Bonchev–Trinajstić information content (AvgIpc) is 3.28. The van der Waals surface area contributed by atoms with Crippen molar-refractivity contribution >= 4 is 41.0 Å². The third-order valence-corrected chi connectivity index (χ3v) is 6.78. The number of imide groups is 1. The van der Waals surface area contributed by atoms with Crippen LogP contribution in [0.2, 0.25) is 5.02 Å². The van der Waals surface area contributed by atoms with Gasteiger partial charge in [0.2, 0.25) is 5.91 Å². The molecule has 4 amide bonds. The van der Waals surface area contributed by atoms with Gasteiger partial charge in [-0.2, -0.15) is 5.10 Å². The lowest BCUT2D eigenvalue weighted by atomic mass is 9.81. The van der Waals surface area contributed by atoms with Crippen LogP contribution in [0.5, 0.6) is 0 Å². The molecule has 10 nitrogen and oxygen atoms in total. The summed E-state index contributed by atoms with van der Waals surface area (Å²) in [4.78, 5) is 47.0. The molecule has 0 unspecified atom stereocenters. The number of benzene rings is 1. The fraction of sp³-hybridized carbons (Fsp3) is 0.346. The van der Waals surface area contributed by atoms with Gasteiger partial charge in [-0.15, -0.1) is 0 Å². The van der Waals surface area contributed by atoms with E-state index in [1.807, 2.05) is 26.0 Å². The summed E-state index contributed by atoms with van der Waals surface area (Å²) < 4.78 is 1.58. The molecule has 0 aliphatic carbocycles. The highest BCUT2D eigenvalue weighted by atomic mass is 35.5. The minimum atomic E-state index is -0.996. The SMILES string of the molecule is CC[C@@H](NC(=O)N1C(=O)[C@H](Cc2cc(C)nc(N)c2)[C@H]1C(=O)N(C)c1cnn(C)c1)c1cccc(Cl)c1. The maximum atomic E-state index is 13.7. The summed E-state index contributed by atoms with van der Waals surface area (Å²) in [7, 11) is 3.35. The van der Waals surface area contributed by atoms with Crippen molar-refractivity contribution in [1.82, 2.24) is 25.0 Å². The van der Waals surface area contributed by atoms with E-state index >= 15 is 0 Å². The zero-order valence-electron chi connectivity index (χ0n) is 21.2. The number of hydrogen-bond acceptors (Lipinski definition) is 6. The number of pyridine rings is 1. The number of nitrogens with two attached hydrogens (primary N) is 1. The van der Waals surface area contributed by atoms with E-state index in [1.54, 1.807) is 55.4 Å². The fourth-order valence-corrected chi connectivity index (χ4v) is 4.87. The van der Waals surface area contributed by atoms with Gasteiger partial charge in [-0.25, -0.2) is 9.78 Å². The molecule has 1 aliphatic rings. The Morgan fingerprint density at radius 2 is 2.03 bits per heavy atom. The van der Waals surface area contributed by atoms with Crippen molar-refractivity contribution in [3.05, 3.63) is 70.6 Å². The van der Waals surface area contributed by atoms with Gasteiger partial charge >= 0.3 is 6.03 Å². The van der Waals surface area contributed by atoms with E-state index in [9.17, 15) is 14.4 Å². The second-order valence-electron chi connectivity index (χ2n) is 9.24. The number of halogens is 1. The fourth-order valence-electron chi connectivity index (χ4n) is 4.67. The zero-order valence-corrected chi connectivity index (χ0v) is 21.9. The molecule has 1 fully saturated rings. The van der Waals surface area contributed by atoms with Gasteiger partial charge in [0.15, 0.2) is 0 Å². The Labute approximate surface area is 220 Å². The highest BCUT2D eigenvalue weighted by Gasteiger charge is 2.55. The molecule has 3 aromatic rings. The van der Waals surface area contributed by atoms with Crippen LogP contribution in [-0.2, 0) is 23.1 Å². The van der Waals surface area contributed by atoms with Gasteiger partial charge < -0.3 is 16.0 Å². The van der Waals surface area contributed by atoms with Gasteiger partial charge in [-0.05, 0) is 55.2 Å². The standard InChI is InChI=1S/C26H30ClN7O3/c1-5-21(17-7-6-8-18(27)12-17)31-26(37)34-23(25(36)33(4)19-13-29-32(3)14-19)20(24(34)35)10-16-9-15(2)30-22(28)11-16/h6-9,11-14,20-21,23H,5,10H2,1-4H3,(H2,28,30)(H,31,37)/t20-,21-,23+/m1/s1. The van der Waals surface area contributed by atoms with Gasteiger partial charge in [-0.3, -0.25) is 19.2 Å². The molecule has 1 saturated heterocycles. The van der Waals surface area contributed by atoms with E-state index < -0.39 is 23.9 Å². The van der Waals surface area contributed by atoms with Crippen molar-refractivity contribution in [3.8, 4) is 0 Å². The van der Waals surface area contributed by atoms with Crippen molar-refractivity contribution in [2.24, 2.45) is 13.0 Å². The predicted molar refractivity (Wildman–Crippen MR) is 141 cm³/mol. The maximum absolute atomic E-state index is 13.7. The lowest BCUT2D eigenvalue weighted by Crippen LogP contribution is -2.70. The van der Waals surface area contributed by atoms with Crippen LogP contribution in [0.4, 0.5) is 16.3 Å². The highest BCUT2D eigenvalue weighted by molar-refractivity contribution is 6.30. The van der Waals surface area contributed by atoms with Crippen LogP contribution >= 0.6 is 11.6 Å². The molecule has 2 aromatic heterocycles. The number of nitrogens with one attached hydrogen (secondary N) is 1. The first kappa shape index (κ1) is 26.2. The number of likely N-dealkylation sites (tertiary alicyclic amines) is 1. The number of likely N-dealkylation sites (N-methyl/N-ethyl adjacent to an activating group) is 1. The summed E-state index contributed by atoms with van der Waals surface area (Å²) in [6, 6.07) is 8.68. The summed E-state index contributed by atoms with van der Waals surface area (Å²) >= 11 is 6.14. The molecule has 11 heteroatoms. The van der Waals surface area contributed by atoms with E-state index in [2.05, 4.69) is 15.4 Å². The first-order valence-electron chi connectivity index (χ1n) is 12.0. The molecular weight excluding hydrogens is 494 g/mol. The Hall–Kier alpha value is -3.92. The van der Waals surface area contributed by atoms with E-state index in [4.69, 9.17) is 17.3 Å². The summed E-state index contributed by atoms with van der Waals surface area (Å²) in [6.45, 7) is 3.73. The average molecular weight is 524 g/mol. The lowest BCUT2D eigenvalue weighted by Gasteiger charge is -2.46. The van der Waals surface area contributed by atoms with Gasteiger partial charge in [0, 0.05) is 31.0 Å². The predicted octanol–water partition coefficient (Wildman–Crippen LogP) is 3.25. The van der Waals surface area contributed by atoms with Gasteiger partial charge in [0.25, 0.3) is 5.91 Å². The quantitative estimate of drug-likeness (QED) is 0.458. The Morgan fingerprint density at radius 3 is 2.65 bits per heavy atom. The molecule has 0 bridgehead atoms. The smallest absolute Gasteiger partial charge is 0.325 e. The second kappa shape index (κ2) is 10.6. The third-order valence-electron chi connectivity index (χ3n) is 6.54. The topological polar surface area (TPSA) is 126 Å². The molecule has 0 spiro atoms. The van der Waals surface area contributed by atoms with E-state index in [0.29, 0.717) is 28.6 Å². The molecule has 194 valence electrons. The van der Waals surface area contributed by atoms with Crippen LogP contribution in [0.15, 0.2) is 48.8 Å². The van der Waals surface area contributed by atoms with Crippen LogP contribution in [0.25, 0.3) is 0 Å². The molecule has 0 radical (unpaired) electrons. The maximum Gasteiger partial charge on any atom is 0.325 e. The Bertz CT molecular complexity index is 1320. The molecule has 1 aromatic carbocycles. The monoisotopic (exact) mass is 523 g/mol. The van der Waals surface area contributed by atoms with E-state index in [1.165, 1.54) is 4.90 Å². The van der Waals surface area contributed by atoms with Crippen molar-refractivity contribution < 1.29 is 14.4 Å². The Balaban J connectivity index is 1.61.